The number of Topliss-reactive ketones (excluding diaryl/α,β-unsaturated/α-hetero) is 1. The Morgan fingerprint density at radius 2 is 1.59 bits per heavy atom. The van der Waals surface area contributed by atoms with E-state index in [-0.39, 0.29) is 39.5 Å². The van der Waals surface area contributed by atoms with Gasteiger partial charge in [0.1, 0.15) is 12.3 Å². The lowest BCUT2D eigenvalue weighted by molar-refractivity contribution is -0.155. The maximum absolute atomic E-state index is 13.7. The number of benzene rings is 2. The molecule has 10 heteroatoms. The van der Waals surface area contributed by atoms with Gasteiger partial charge >= 0.3 is 5.97 Å². The lowest BCUT2D eigenvalue weighted by atomic mass is 9.81. The molecule has 1 saturated heterocycles. The number of carbonyl (C=O) groups excluding carboxylic acids is 5. The Labute approximate surface area is 228 Å². The van der Waals surface area contributed by atoms with Crippen LogP contribution in [-0.2, 0) is 9.59 Å². The first-order valence-electron chi connectivity index (χ1n) is 12.7. The number of nitrogens with zero attached hydrogens (tertiary/aromatic N) is 2. The molecule has 2 aliphatic carbocycles. The molecule has 1 aromatic heterocycles. The number of ketones is 1. The van der Waals surface area contributed by atoms with E-state index in [0.717, 1.165) is 29.3 Å². The summed E-state index contributed by atoms with van der Waals surface area (Å²) < 4.78 is 10.3. The normalized spacial score (nSPS) is 23.2. The topological polar surface area (TPSA) is 114 Å². The Kier molecular flexibility index (Phi) is 6.31. The van der Waals surface area contributed by atoms with Gasteiger partial charge in [-0.25, -0.2) is 9.80 Å². The van der Waals surface area contributed by atoms with Crippen LogP contribution in [0, 0.1) is 23.7 Å². The number of hydrazine groups is 1. The highest BCUT2D eigenvalue weighted by atomic mass is 35.5. The number of fused-ring (bicyclic) bond motifs is 5. The molecule has 2 heterocycles. The van der Waals surface area contributed by atoms with Crippen LogP contribution in [0.15, 0.2) is 71.3 Å². The lowest BCUT2D eigenvalue weighted by Gasteiger charge is -2.31. The largest absolute Gasteiger partial charge is 0.457 e. The molecule has 1 aliphatic heterocycles. The van der Waals surface area contributed by atoms with Gasteiger partial charge in [-0.2, -0.15) is 5.01 Å². The van der Waals surface area contributed by atoms with Crippen LogP contribution in [0.5, 0.6) is 5.75 Å². The number of carbonyl (C=O) groups is 5. The van der Waals surface area contributed by atoms with Gasteiger partial charge in [-0.3, -0.25) is 19.2 Å². The van der Waals surface area contributed by atoms with Crippen LogP contribution in [0.1, 0.15) is 50.5 Å². The fourth-order valence-corrected chi connectivity index (χ4v) is 6.34. The van der Waals surface area contributed by atoms with Gasteiger partial charge in [0, 0.05) is 5.56 Å². The third kappa shape index (κ3) is 4.32. The highest BCUT2D eigenvalue weighted by molar-refractivity contribution is 6.34. The van der Waals surface area contributed by atoms with E-state index < -0.39 is 47.9 Å². The van der Waals surface area contributed by atoms with E-state index >= 15 is 0 Å². The van der Waals surface area contributed by atoms with Gasteiger partial charge in [-0.05, 0) is 79.6 Å². The summed E-state index contributed by atoms with van der Waals surface area (Å²) in [4.78, 5) is 66.2. The number of rotatable bonds is 7. The van der Waals surface area contributed by atoms with Gasteiger partial charge < -0.3 is 9.15 Å². The minimum atomic E-state index is -0.716. The van der Waals surface area contributed by atoms with Gasteiger partial charge in [0.15, 0.2) is 5.78 Å². The number of esters is 1. The molecule has 6 rings (SSSR count). The molecule has 198 valence electrons. The minimum absolute atomic E-state index is 0.0297. The molecule has 9 nitrogen and oxygen atoms in total. The van der Waals surface area contributed by atoms with E-state index in [0.29, 0.717) is 0 Å². The minimum Gasteiger partial charge on any atom is -0.457 e. The Morgan fingerprint density at radius 1 is 0.923 bits per heavy atom. The smallest absolute Gasteiger partial charge is 0.379 e. The van der Waals surface area contributed by atoms with Crippen LogP contribution in [0.3, 0.4) is 0 Å². The molecule has 3 fully saturated rings. The van der Waals surface area contributed by atoms with Gasteiger partial charge in [0.05, 0.1) is 28.7 Å². The first-order valence-corrected chi connectivity index (χ1v) is 13.0. The fraction of sp³-hybridized carbons (Fsp3) is 0.276. The van der Waals surface area contributed by atoms with E-state index in [4.69, 9.17) is 20.8 Å². The zero-order chi connectivity index (χ0) is 27.3. The molecule has 3 amide bonds. The van der Waals surface area contributed by atoms with Gasteiger partial charge in [-0.15, -0.1) is 0 Å². The third-order valence-corrected chi connectivity index (χ3v) is 8.22. The van der Waals surface area contributed by atoms with E-state index in [1.165, 1.54) is 48.7 Å². The van der Waals surface area contributed by atoms with Gasteiger partial charge in [0.25, 0.3) is 17.7 Å². The standard InChI is InChI=1S/C29H23ClN2O7/c30-21-5-2-1-4-20(21)26(34)31(32-27(35)24-17-7-8-18(14-17)25(24)28(32)36)15-22(33)16-9-11-19(12-10-16)39-29(37)23-6-3-13-38-23/h1-6,9-13,17-18,24-25H,7-8,14-15H2/t17-,18+,24+,25-. The molecule has 2 aromatic carbocycles. The van der Waals surface area contributed by atoms with E-state index in [1.54, 1.807) is 18.2 Å². The molecule has 0 unspecified atom stereocenters. The van der Waals surface area contributed by atoms with Gasteiger partial charge in [0.2, 0.25) is 5.76 Å². The highest BCUT2D eigenvalue weighted by Gasteiger charge is 2.62. The average molecular weight is 547 g/mol. The summed E-state index contributed by atoms with van der Waals surface area (Å²) in [5, 5.41) is 1.95. The summed E-state index contributed by atoms with van der Waals surface area (Å²) in [7, 11) is 0. The second kappa shape index (κ2) is 9.81. The van der Waals surface area contributed by atoms with Crippen molar-refractivity contribution in [3.63, 3.8) is 0 Å². The molecule has 0 radical (unpaired) electrons. The van der Waals surface area contributed by atoms with E-state index in [9.17, 15) is 24.0 Å². The zero-order valence-corrected chi connectivity index (χ0v) is 21.4. The molecule has 39 heavy (non-hydrogen) atoms. The predicted molar refractivity (Wildman–Crippen MR) is 137 cm³/mol. The Bertz CT molecular complexity index is 1460. The number of amides is 3. The lowest BCUT2D eigenvalue weighted by Crippen LogP contribution is -2.52. The number of hydrogen-bond donors (Lipinski definition) is 0. The summed E-state index contributed by atoms with van der Waals surface area (Å²) in [5.41, 5.74) is 0.275. The summed E-state index contributed by atoms with van der Waals surface area (Å²) >= 11 is 6.28. The summed E-state index contributed by atoms with van der Waals surface area (Å²) in [6, 6.07) is 15.0. The molecule has 0 spiro atoms. The fourth-order valence-electron chi connectivity index (χ4n) is 6.13. The highest BCUT2D eigenvalue weighted by Crippen LogP contribution is 2.56. The summed E-state index contributed by atoms with van der Waals surface area (Å²) in [6.45, 7) is -0.554. The Morgan fingerprint density at radius 3 is 2.21 bits per heavy atom. The van der Waals surface area contributed by atoms with E-state index in [1.807, 2.05) is 0 Å². The van der Waals surface area contributed by atoms with Crippen LogP contribution < -0.4 is 4.74 Å². The van der Waals surface area contributed by atoms with Crippen LogP contribution in [0.2, 0.25) is 5.02 Å². The van der Waals surface area contributed by atoms with E-state index in [2.05, 4.69) is 0 Å². The zero-order valence-electron chi connectivity index (χ0n) is 20.6. The van der Waals surface area contributed by atoms with Crippen LogP contribution in [-0.4, -0.2) is 46.0 Å². The van der Waals surface area contributed by atoms with Crippen LogP contribution >= 0.6 is 11.6 Å². The van der Waals surface area contributed by atoms with Crippen molar-refractivity contribution in [2.24, 2.45) is 23.7 Å². The number of hydrogen-bond acceptors (Lipinski definition) is 7. The maximum Gasteiger partial charge on any atom is 0.379 e. The van der Waals surface area contributed by atoms with Crippen molar-refractivity contribution in [3.8, 4) is 5.75 Å². The SMILES string of the molecule is O=C(CN(C(=O)c1ccccc1Cl)N1C(=O)[C@@H]2[C@H]3CC[C@H](C3)[C@@H]2C1=O)c1ccc(OC(=O)c2ccco2)cc1. The first kappa shape index (κ1) is 25.1. The van der Waals surface area contributed by atoms with Crippen molar-refractivity contribution in [3.05, 3.63) is 88.8 Å². The van der Waals surface area contributed by atoms with Crippen molar-refractivity contribution < 1.29 is 33.1 Å². The molecule has 3 aromatic rings. The monoisotopic (exact) mass is 546 g/mol. The van der Waals surface area contributed by atoms with Gasteiger partial charge in [-0.1, -0.05) is 23.7 Å². The molecule has 0 N–H and O–H groups in total. The van der Waals surface area contributed by atoms with Crippen LogP contribution in [0.4, 0.5) is 0 Å². The van der Waals surface area contributed by atoms with Crippen molar-refractivity contribution in [2.45, 2.75) is 19.3 Å². The Hall–Kier alpha value is -4.24. The third-order valence-electron chi connectivity index (χ3n) is 7.89. The second-order valence-electron chi connectivity index (χ2n) is 10.0. The number of furan rings is 1. The Balaban J connectivity index is 1.26. The van der Waals surface area contributed by atoms with Crippen molar-refractivity contribution >= 4 is 41.1 Å². The first-order chi connectivity index (χ1) is 18.8. The quantitative estimate of drug-likeness (QED) is 0.186. The van der Waals surface area contributed by atoms with Crippen molar-refractivity contribution in [2.75, 3.05) is 6.54 Å². The predicted octanol–water partition coefficient (Wildman–Crippen LogP) is 4.42. The summed E-state index contributed by atoms with van der Waals surface area (Å²) in [5.74, 6) is -3.28. The average Bonchev–Trinajstić information content (AvgIpc) is 3.74. The van der Waals surface area contributed by atoms with Crippen molar-refractivity contribution in [1.82, 2.24) is 10.0 Å². The number of imide groups is 1. The number of ether oxygens (including phenoxy) is 1. The number of halogens is 1. The second-order valence-corrected chi connectivity index (χ2v) is 10.4. The molecule has 2 bridgehead atoms. The maximum atomic E-state index is 13.7. The summed E-state index contributed by atoms with van der Waals surface area (Å²) in [6.07, 6.45) is 3.95. The molecule has 3 aliphatic rings. The molecular formula is C29H23ClN2O7. The van der Waals surface area contributed by atoms with Crippen LogP contribution in [0.25, 0.3) is 0 Å². The van der Waals surface area contributed by atoms with Crippen molar-refractivity contribution in [1.29, 1.82) is 0 Å². The molecule has 2 saturated carbocycles. The molecule has 4 atom stereocenters. The molecular weight excluding hydrogens is 524 g/mol.